The van der Waals surface area contributed by atoms with Crippen molar-refractivity contribution in [3.05, 3.63) is 89.5 Å². The van der Waals surface area contributed by atoms with E-state index in [1.54, 1.807) is 19.2 Å². The minimum absolute atomic E-state index is 0.342. The maximum Gasteiger partial charge on any atom is 0.191 e. The molecule has 6 heteroatoms. The largest absolute Gasteiger partial charge is 0.356 e. The van der Waals surface area contributed by atoms with Crippen molar-refractivity contribution in [2.24, 2.45) is 4.99 Å². The minimum Gasteiger partial charge on any atom is -0.356 e. The Kier molecular flexibility index (Phi) is 7.47. The van der Waals surface area contributed by atoms with Gasteiger partial charge in [0.1, 0.15) is 0 Å². The van der Waals surface area contributed by atoms with E-state index in [2.05, 4.69) is 71.1 Å². The number of aliphatic imine (C=N–C) groups is 1. The Hall–Kier alpha value is -3.12. The van der Waals surface area contributed by atoms with Crippen molar-refractivity contribution in [3.8, 4) is 11.1 Å². The zero-order valence-corrected chi connectivity index (χ0v) is 19.0. The molecule has 0 aliphatic carbocycles. The summed E-state index contributed by atoms with van der Waals surface area (Å²) < 4.78 is 23.1. The first-order chi connectivity index (χ1) is 14.8. The second-order valence-corrected chi connectivity index (χ2v) is 9.60. The van der Waals surface area contributed by atoms with Gasteiger partial charge in [0.2, 0.25) is 0 Å². The summed E-state index contributed by atoms with van der Waals surface area (Å²) in [6.07, 6.45) is 1.99. The Bertz CT molecular complexity index is 1150. The van der Waals surface area contributed by atoms with Crippen LogP contribution in [0.1, 0.15) is 16.7 Å². The SMILES string of the molecule is CN=C(NCCc1ccc(S(C)(=O)=O)cc1)NCc1cccc(-c2cccc(C)c2)c1. The Morgan fingerprint density at radius 1 is 0.871 bits per heavy atom. The van der Waals surface area contributed by atoms with Gasteiger partial charge in [-0.25, -0.2) is 8.42 Å². The number of aryl methyl sites for hydroxylation is 1. The molecule has 0 saturated heterocycles. The highest BCUT2D eigenvalue weighted by Gasteiger charge is 2.06. The van der Waals surface area contributed by atoms with Crippen LogP contribution in [-0.4, -0.2) is 34.2 Å². The van der Waals surface area contributed by atoms with Gasteiger partial charge in [-0.1, -0.05) is 60.2 Å². The van der Waals surface area contributed by atoms with Gasteiger partial charge in [-0.2, -0.15) is 0 Å². The first-order valence-corrected chi connectivity index (χ1v) is 12.1. The maximum absolute atomic E-state index is 11.6. The van der Waals surface area contributed by atoms with E-state index in [4.69, 9.17) is 0 Å². The molecule has 0 aliphatic rings. The lowest BCUT2D eigenvalue weighted by atomic mass is 10.0. The van der Waals surface area contributed by atoms with Crippen molar-refractivity contribution in [3.63, 3.8) is 0 Å². The van der Waals surface area contributed by atoms with E-state index in [-0.39, 0.29) is 0 Å². The van der Waals surface area contributed by atoms with Crippen LogP contribution in [0.15, 0.2) is 82.7 Å². The van der Waals surface area contributed by atoms with Gasteiger partial charge in [-0.3, -0.25) is 4.99 Å². The predicted octanol–water partition coefficient (Wildman–Crippen LogP) is 3.97. The number of guanidine groups is 1. The van der Waals surface area contributed by atoms with E-state index in [1.807, 2.05) is 12.1 Å². The Morgan fingerprint density at radius 3 is 2.19 bits per heavy atom. The molecule has 2 N–H and O–H groups in total. The molecule has 0 spiro atoms. The highest BCUT2D eigenvalue weighted by molar-refractivity contribution is 7.90. The van der Waals surface area contributed by atoms with Crippen LogP contribution in [0.4, 0.5) is 0 Å². The van der Waals surface area contributed by atoms with Crippen LogP contribution in [-0.2, 0) is 22.8 Å². The number of benzene rings is 3. The quantitative estimate of drug-likeness (QED) is 0.435. The highest BCUT2D eigenvalue weighted by atomic mass is 32.2. The Balaban J connectivity index is 1.52. The van der Waals surface area contributed by atoms with E-state index in [1.165, 1.54) is 28.5 Å². The molecule has 0 amide bonds. The average Bonchev–Trinajstić information content (AvgIpc) is 2.76. The molecule has 3 aromatic rings. The zero-order chi connectivity index (χ0) is 22.3. The van der Waals surface area contributed by atoms with Gasteiger partial charge in [-0.05, 0) is 53.8 Å². The standard InChI is InChI=1S/C25H29N3O2S/c1-19-6-4-8-22(16-19)23-9-5-7-21(17-23)18-28-25(26-2)27-15-14-20-10-12-24(13-11-20)31(3,29)30/h4-13,16-17H,14-15,18H2,1-3H3,(H2,26,27,28). The normalized spacial score (nSPS) is 11.9. The van der Waals surface area contributed by atoms with Crippen LogP contribution in [0.5, 0.6) is 0 Å². The molecule has 0 atom stereocenters. The molecule has 0 radical (unpaired) electrons. The topological polar surface area (TPSA) is 70.6 Å². The summed E-state index contributed by atoms with van der Waals surface area (Å²) in [5.74, 6) is 0.730. The fourth-order valence-electron chi connectivity index (χ4n) is 3.32. The van der Waals surface area contributed by atoms with Crippen LogP contribution in [0.2, 0.25) is 0 Å². The van der Waals surface area contributed by atoms with Crippen molar-refractivity contribution >= 4 is 15.8 Å². The van der Waals surface area contributed by atoms with E-state index in [0.717, 1.165) is 17.9 Å². The molecule has 31 heavy (non-hydrogen) atoms. The highest BCUT2D eigenvalue weighted by Crippen LogP contribution is 2.21. The molecule has 0 unspecified atom stereocenters. The first-order valence-electron chi connectivity index (χ1n) is 10.2. The van der Waals surface area contributed by atoms with Gasteiger partial charge >= 0.3 is 0 Å². The number of sulfone groups is 1. The third-order valence-electron chi connectivity index (χ3n) is 5.02. The third kappa shape index (κ3) is 6.69. The monoisotopic (exact) mass is 435 g/mol. The predicted molar refractivity (Wildman–Crippen MR) is 128 cm³/mol. The summed E-state index contributed by atoms with van der Waals surface area (Å²) in [5, 5.41) is 6.66. The van der Waals surface area contributed by atoms with Crippen molar-refractivity contribution < 1.29 is 8.42 Å². The lowest BCUT2D eigenvalue weighted by molar-refractivity contribution is 0.602. The van der Waals surface area contributed by atoms with Crippen LogP contribution in [0.3, 0.4) is 0 Å². The van der Waals surface area contributed by atoms with Crippen molar-refractivity contribution in [1.29, 1.82) is 0 Å². The molecular weight excluding hydrogens is 406 g/mol. The lowest BCUT2D eigenvalue weighted by Crippen LogP contribution is -2.37. The van der Waals surface area contributed by atoms with Gasteiger partial charge in [0.05, 0.1) is 4.90 Å². The van der Waals surface area contributed by atoms with E-state index >= 15 is 0 Å². The van der Waals surface area contributed by atoms with E-state index in [0.29, 0.717) is 18.0 Å². The molecule has 0 heterocycles. The summed E-state index contributed by atoms with van der Waals surface area (Å²) in [7, 11) is -1.41. The summed E-state index contributed by atoms with van der Waals surface area (Å²) >= 11 is 0. The second kappa shape index (κ2) is 10.3. The molecule has 162 valence electrons. The maximum atomic E-state index is 11.6. The molecule has 0 aromatic heterocycles. The van der Waals surface area contributed by atoms with Crippen LogP contribution >= 0.6 is 0 Å². The van der Waals surface area contributed by atoms with Gasteiger partial charge in [0, 0.05) is 26.4 Å². The van der Waals surface area contributed by atoms with E-state index < -0.39 is 9.84 Å². The number of hydrogen-bond donors (Lipinski definition) is 2. The zero-order valence-electron chi connectivity index (χ0n) is 18.2. The molecule has 3 aromatic carbocycles. The van der Waals surface area contributed by atoms with Gasteiger partial charge in [-0.15, -0.1) is 0 Å². The molecule has 0 aliphatic heterocycles. The molecule has 0 fully saturated rings. The number of hydrogen-bond acceptors (Lipinski definition) is 3. The molecular formula is C25H29N3O2S. The average molecular weight is 436 g/mol. The number of rotatable bonds is 7. The molecule has 5 nitrogen and oxygen atoms in total. The minimum atomic E-state index is -3.16. The van der Waals surface area contributed by atoms with Crippen LogP contribution in [0.25, 0.3) is 11.1 Å². The Morgan fingerprint density at radius 2 is 1.55 bits per heavy atom. The summed E-state index contributed by atoms with van der Waals surface area (Å²) in [6, 6.07) is 24.0. The molecule has 3 rings (SSSR count). The first kappa shape index (κ1) is 22.6. The number of nitrogens with zero attached hydrogens (tertiary/aromatic N) is 1. The third-order valence-corrected chi connectivity index (χ3v) is 6.15. The van der Waals surface area contributed by atoms with Crippen molar-refractivity contribution in [1.82, 2.24) is 10.6 Å². The summed E-state index contributed by atoms with van der Waals surface area (Å²) in [5.41, 5.74) is 5.91. The van der Waals surface area contributed by atoms with Gasteiger partial charge in [0.25, 0.3) is 0 Å². The summed E-state index contributed by atoms with van der Waals surface area (Å²) in [4.78, 5) is 4.63. The van der Waals surface area contributed by atoms with Crippen LogP contribution < -0.4 is 10.6 Å². The van der Waals surface area contributed by atoms with Gasteiger partial charge in [0.15, 0.2) is 15.8 Å². The van der Waals surface area contributed by atoms with Crippen molar-refractivity contribution in [2.75, 3.05) is 19.8 Å². The molecule has 0 saturated carbocycles. The Labute approximate surface area is 185 Å². The van der Waals surface area contributed by atoms with Gasteiger partial charge < -0.3 is 10.6 Å². The second-order valence-electron chi connectivity index (χ2n) is 7.59. The lowest BCUT2D eigenvalue weighted by Gasteiger charge is -2.13. The van der Waals surface area contributed by atoms with E-state index in [9.17, 15) is 8.42 Å². The van der Waals surface area contributed by atoms with Crippen molar-refractivity contribution in [2.45, 2.75) is 24.8 Å². The summed E-state index contributed by atoms with van der Waals surface area (Å²) in [6.45, 7) is 3.47. The fourth-order valence-corrected chi connectivity index (χ4v) is 3.95. The molecule has 0 bridgehead atoms. The smallest absolute Gasteiger partial charge is 0.191 e. The fraction of sp³-hybridized carbons (Fsp3) is 0.240. The number of nitrogens with one attached hydrogen (secondary N) is 2. The van der Waals surface area contributed by atoms with Crippen LogP contribution in [0, 0.1) is 6.92 Å².